The van der Waals surface area contributed by atoms with Crippen molar-refractivity contribution in [2.75, 3.05) is 0 Å². The highest BCUT2D eigenvalue weighted by atomic mass is 79.9. The van der Waals surface area contributed by atoms with Gasteiger partial charge in [-0.15, -0.1) is 0 Å². The van der Waals surface area contributed by atoms with Gasteiger partial charge in [-0.1, -0.05) is 0 Å². The third kappa shape index (κ3) is 2.87. The number of amides is 1. The van der Waals surface area contributed by atoms with Crippen molar-refractivity contribution in [2.45, 2.75) is 13.8 Å². The molecule has 0 spiro atoms. The molecule has 0 saturated carbocycles. The van der Waals surface area contributed by atoms with E-state index in [2.05, 4.69) is 36.7 Å². The van der Waals surface area contributed by atoms with Crippen LogP contribution in [0.1, 0.15) is 27.4 Å². The number of hydrazone groups is 1. The number of aryl methyl sites for hydroxylation is 3. The lowest BCUT2D eigenvalue weighted by molar-refractivity contribution is 0.0948. The second-order valence-electron chi connectivity index (χ2n) is 4.48. The first-order valence-electron chi connectivity index (χ1n) is 6.04. The Kier molecular flexibility index (Phi) is 4.21. The highest BCUT2D eigenvalue weighted by molar-refractivity contribution is 9.10. The lowest BCUT2D eigenvalue weighted by atomic mass is 10.3. The van der Waals surface area contributed by atoms with Crippen LogP contribution in [-0.2, 0) is 14.1 Å². The van der Waals surface area contributed by atoms with Gasteiger partial charge >= 0.3 is 0 Å². The smallest absolute Gasteiger partial charge is 0.271 e. The van der Waals surface area contributed by atoms with E-state index in [1.165, 1.54) is 13.3 Å². The summed E-state index contributed by atoms with van der Waals surface area (Å²) in [6.45, 7) is 3.48. The van der Waals surface area contributed by atoms with E-state index >= 15 is 0 Å². The van der Waals surface area contributed by atoms with Gasteiger partial charge in [-0.25, -0.2) is 10.1 Å². The maximum atomic E-state index is 13.7. The molecule has 0 radical (unpaired) electrons. The summed E-state index contributed by atoms with van der Waals surface area (Å²) in [7, 11) is 3.22. The van der Waals surface area contributed by atoms with Crippen molar-refractivity contribution in [2.24, 2.45) is 19.2 Å². The van der Waals surface area contributed by atoms with E-state index in [1.54, 1.807) is 18.7 Å². The Labute approximate surface area is 129 Å². The summed E-state index contributed by atoms with van der Waals surface area (Å²) in [5, 5.41) is 11.7. The highest BCUT2D eigenvalue weighted by Gasteiger charge is 2.17. The van der Waals surface area contributed by atoms with Gasteiger partial charge in [-0.2, -0.15) is 19.7 Å². The third-order valence-corrected chi connectivity index (χ3v) is 3.98. The molecule has 2 aromatic heterocycles. The molecular weight excluding hydrogens is 343 g/mol. The molecule has 0 aromatic carbocycles. The topological polar surface area (TPSA) is 77.1 Å². The fourth-order valence-electron chi connectivity index (χ4n) is 1.73. The molecule has 0 atom stereocenters. The molecule has 0 unspecified atom stereocenters. The van der Waals surface area contributed by atoms with Gasteiger partial charge in [-0.05, 0) is 29.8 Å². The molecule has 0 saturated heterocycles. The Balaban J connectivity index is 2.14. The molecule has 2 rings (SSSR count). The summed E-state index contributed by atoms with van der Waals surface area (Å²) in [5.41, 5.74) is 4.07. The van der Waals surface area contributed by atoms with E-state index in [1.807, 2.05) is 6.92 Å². The maximum Gasteiger partial charge on any atom is 0.293 e. The number of halogens is 2. The first-order valence-corrected chi connectivity index (χ1v) is 6.83. The quantitative estimate of drug-likeness (QED) is 0.667. The Hall–Kier alpha value is -2.03. The molecule has 0 aliphatic rings. The van der Waals surface area contributed by atoms with Crippen molar-refractivity contribution in [1.82, 2.24) is 25.0 Å². The van der Waals surface area contributed by atoms with E-state index in [4.69, 9.17) is 0 Å². The molecule has 112 valence electrons. The third-order valence-electron chi connectivity index (χ3n) is 3.03. The number of hydrogen-bond acceptors (Lipinski definition) is 4. The zero-order valence-corrected chi connectivity index (χ0v) is 13.6. The largest absolute Gasteiger partial charge is 0.293 e. The predicted molar refractivity (Wildman–Crippen MR) is 78.6 cm³/mol. The van der Waals surface area contributed by atoms with Crippen molar-refractivity contribution in [1.29, 1.82) is 0 Å². The van der Waals surface area contributed by atoms with Gasteiger partial charge in [0.05, 0.1) is 27.6 Å². The van der Waals surface area contributed by atoms with E-state index in [9.17, 15) is 9.18 Å². The number of hydrogen-bond donors (Lipinski definition) is 1. The molecule has 7 nitrogen and oxygen atoms in total. The Morgan fingerprint density at radius 2 is 2.00 bits per heavy atom. The van der Waals surface area contributed by atoms with Crippen LogP contribution in [0, 0.1) is 19.8 Å². The Morgan fingerprint density at radius 1 is 1.33 bits per heavy atom. The summed E-state index contributed by atoms with van der Waals surface area (Å²) in [6.07, 6.45) is 1.22. The fraction of sp³-hybridized carbons (Fsp3) is 0.333. The number of nitrogens with zero attached hydrogens (tertiary/aromatic N) is 5. The van der Waals surface area contributed by atoms with Gasteiger partial charge in [0.1, 0.15) is 0 Å². The van der Waals surface area contributed by atoms with Crippen molar-refractivity contribution < 1.29 is 9.18 Å². The van der Waals surface area contributed by atoms with Crippen LogP contribution >= 0.6 is 15.9 Å². The van der Waals surface area contributed by atoms with Gasteiger partial charge in [0, 0.05) is 14.1 Å². The van der Waals surface area contributed by atoms with E-state index in [0.717, 1.165) is 10.4 Å². The molecule has 0 bridgehead atoms. The minimum atomic E-state index is -0.514. The second-order valence-corrected chi connectivity index (χ2v) is 5.28. The second kappa shape index (κ2) is 5.76. The number of rotatable bonds is 3. The first-order chi connectivity index (χ1) is 9.82. The predicted octanol–water partition coefficient (Wildman–Crippen LogP) is 1.44. The van der Waals surface area contributed by atoms with Crippen molar-refractivity contribution in [3.8, 4) is 0 Å². The number of carbonyl (C=O) groups excluding carboxylic acids is 1. The van der Waals surface area contributed by atoms with E-state index in [-0.39, 0.29) is 11.3 Å². The molecule has 2 aromatic rings. The molecule has 21 heavy (non-hydrogen) atoms. The Morgan fingerprint density at radius 3 is 2.48 bits per heavy atom. The maximum absolute atomic E-state index is 13.7. The molecular formula is C12H14BrFN6O. The van der Waals surface area contributed by atoms with Gasteiger partial charge in [-0.3, -0.25) is 9.48 Å². The number of carbonyl (C=O) groups is 1. The van der Waals surface area contributed by atoms with Gasteiger partial charge < -0.3 is 0 Å². The van der Waals surface area contributed by atoms with Gasteiger partial charge in [0.2, 0.25) is 5.95 Å². The zero-order chi connectivity index (χ0) is 15.7. The van der Waals surface area contributed by atoms with Gasteiger partial charge in [0.15, 0.2) is 5.69 Å². The van der Waals surface area contributed by atoms with Crippen molar-refractivity contribution in [3.05, 3.63) is 33.1 Å². The van der Waals surface area contributed by atoms with Crippen molar-refractivity contribution >= 4 is 28.1 Å². The summed E-state index contributed by atoms with van der Waals surface area (Å²) in [6, 6.07) is 0. The van der Waals surface area contributed by atoms with Crippen molar-refractivity contribution in [3.63, 3.8) is 0 Å². The summed E-state index contributed by atoms with van der Waals surface area (Å²) >= 11 is 3.30. The number of aromatic nitrogens is 4. The van der Waals surface area contributed by atoms with Crippen LogP contribution in [0.3, 0.4) is 0 Å². The monoisotopic (exact) mass is 356 g/mol. The molecule has 2 heterocycles. The molecule has 1 N–H and O–H groups in total. The van der Waals surface area contributed by atoms with Crippen LogP contribution in [0.25, 0.3) is 0 Å². The molecule has 1 amide bonds. The summed E-state index contributed by atoms with van der Waals surface area (Å²) in [5.74, 6) is -0.996. The SMILES string of the molecule is Cc1nn(C)c(F)c1/C=N\NC(=O)c1nn(C)c(C)c1Br. The van der Waals surface area contributed by atoms with E-state index in [0.29, 0.717) is 10.2 Å². The fourth-order valence-corrected chi connectivity index (χ4v) is 2.24. The first kappa shape index (κ1) is 15.4. The van der Waals surface area contributed by atoms with Crippen LogP contribution in [0.5, 0.6) is 0 Å². The van der Waals surface area contributed by atoms with Crippen LogP contribution in [0.15, 0.2) is 9.57 Å². The molecule has 9 heteroatoms. The number of nitrogens with one attached hydrogen (secondary N) is 1. The van der Waals surface area contributed by atoms with Crippen LogP contribution in [-0.4, -0.2) is 31.7 Å². The standard InChI is InChI=1S/C12H14BrFN6O/c1-6-8(11(14)20(4)17-6)5-15-16-12(21)10-9(13)7(2)19(3)18-10/h5H,1-4H3,(H,16,21)/b15-5-. The lowest BCUT2D eigenvalue weighted by Gasteiger charge is -1.96. The average Bonchev–Trinajstić information content (AvgIpc) is 2.83. The summed E-state index contributed by atoms with van der Waals surface area (Å²) < 4.78 is 16.9. The van der Waals surface area contributed by atoms with Crippen LogP contribution in [0.2, 0.25) is 0 Å². The minimum Gasteiger partial charge on any atom is -0.271 e. The molecule has 0 aliphatic carbocycles. The molecule has 0 aliphatic heterocycles. The highest BCUT2D eigenvalue weighted by Crippen LogP contribution is 2.19. The van der Waals surface area contributed by atoms with Crippen LogP contribution < -0.4 is 5.43 Å². The lowest BCUT2D eigenvalue weighted by Crippen LogP contribution is -2.19. The van der Waals surface area contributed by atoms with E-state index < -0.39 is 11.9 Å². The minimum absolute atomic E-state index is 0.218. The zero-order valence-electron chi connectivity index (χ0n) is 12.0. The van der Waals surface area contributed by atoms with Crippen LogP contribution in [0.4, 0.5) is 4.39 Å². The normalized spacial score (nSPS) is 11.3. The summed E-state index contributed by atoms with van der Waals surface area (Å²) in [4.78, 5) is 12.0. The molecule has 0 fully saturated rings. The Bertz CT molecular complexity index is 733. The van der Waals surface area contributed by atoms with Gasteiger partial charge in [0.25, 0.3) is 5.91 Å². The average molecular weight is 357 g/mol.